The van der Waals surface area contributed by atoms with Crippen LogP contribution < -0.4 is 10.6 Å². The highest BCUT2D eigenvalue weighted by Crippen LogP contribution is 2.28. The van der Waals surface area contributed by atoms with Crippen LogP contribution in [0.4, 0.5) is 0 Å². The Hall–Kier alpha value is -2.64. The number of nitrogens with zero attached hydrogens (tertiary/aromatic N) is 3. The Bertz CT molecular complexity index is 892. The summed E-state index contributed by atoms with van der Waals surface area (Å²) in [6.45, 7) is 1.80. The molecule has 2 aromatic heterocycles. The molecule has 142 valence electrons. The molecule has 1 aliphatic heterocycles. The van der Waals surface area contributed by atoms with Crippen LogP contribution in [0.3, 0.4) is 0 Å². The Morgan fingerprint density at radius 3 is 2.89 bits per heavy atom. The summed E-state index contributed by atoms with van der Waals surface area (Å²) in [5, 5.41) is 10.5. The maximum Gasteiger partial charge on any atom is 0.226 e. The average molecular weight is 388 g/mol. The van der Waals surface area contributed by atoms with Gasteiger partial charge in [0.2, 0.25) is 11.8 Å². The van der Waals surface area contributed by atoms with Crippen LogP contribution in [0.25, 0.3) is 11.5 Å². The van der Waals surface area contributed by atoms with E-state index >= 15 is 0 Å². The molecule has 0 radical (unpaired) electrons. The molecule has 7 nitrogen and oxygen atoms in total. The lowest BCUT2D eigenvalue weighted by Gasteiger charge is -2.16. The van der Waals surface area contributed by atoms with Crippen LogP contribution in [0.2, 0.25) is 0 Å². The van der Waals surface area contributed by atoms with Gasteiger partial charge in [-0.25, -0.2) is 4.98 Å². The van der Waals surface area contributed by atoms with Gasteiger partial charge in [-0.1, -0.05) is 18.2 Å². The molecular weight excluding hydrogens is 366 g/mol. The second-order valence-corrected chi connectivity index (χ2v) is 6.55. The molecule has 0 aliphatic carbocycles. The van der Waals surface area contributed by atoms with Crippen molar-refractivity contribution in [3.8, 4) is 11.5 Å². The molecule has 1 aliphatic rings. The molecule has 0 saturated carbocycles. The predicted octanol–water partition coefficient (Wildman–Crippen LogP) is 2.12. The van der Waals surface area contributed by atoms with Gasteiger partial charge in [0.25, 0.3) is 0 Å². The van der Waals surface area contributed by atoms with E-state index in [4.69, 9.17) is 4.42 Å². The van der Waals surface area contributed by atoms with Crippen molar-refractivity contribution in [1.29, 1.82) is 0 Å². The first kappa shape index (κ1) is 19.1. The van der Waals surface area contributed by atoms with Gasteiger partial charge < -0.3 is 15.1 Å². The highest BCUT2D eigenvalue weighted by molar-refractivity contribution is 5.85. The van der Waals surface area contributed by atoms with Gasteiger partial charge in [0.15, 0.2) is 0 Å². The maximum absolute atomic E-state index is 12.6. The molecule has 1 saturated heterocycles. The number of halogens is 1. The fraction of sp³-hybridized carbons (Fsp3) is 0.316. The molecule has 3 aromatic rings. The quantitative estimate of drug-likeness (QED) is 0.700. The maximum atomic E-state index is 12.6. The molecule has 1 fully saturated rings. The minimum Gasteiger partial charge on any atom is -0.444 e. The first-order valence-corrected chi connectivity index (χ1v) is 8.67. The number of rotatable bonds is 5. The Morgan fingerprint density at radius 2 is 2.15 bits per heavy atom. The highest BCUT2D eigenvalue weighted by atomic mass is 35.5. The van der Waals surface area contributed by atoms with Crippen LogP contribution in [0.5, 0.6) is 0 Å². The first-order valence-electron chi connectivity index (χ1n) is 8.67. The van der Waals surface area contributed by atoms with E-state index in [1.54, 1.807) is 10.9 Å². The van der Waals surface area contributed by atoms with E-state index in [-0.39, 0.29) is 30.2 Å². The lowest BCUT2D eigenvalue weighted by atomic mass is 9.90. The van der Waals surface area contributed by atoms with Crippen molar-refractivity contribution in [2.45, 2.75) is 12.5 Å². The molecule has 0 bridgehead atoms. The van der Waals surface area contributed by atoms with Crippen molar-refractivity contribution in [3.63, 3.8) is 0 Å². The third kappa shape index (κ3) is 4.20. The van der Waals surface area contributed by atoms with Crippen molar-refractivity contribution >= 4 is 18.3 Å². The minimum absolute atomic E-state index is 0. The Kier molecular flexibility index (Phi) is 5.93. The zero-order valence-corrected chi connectivity index (χ0v) is 15.8. The molecular formula is C19H22ClN5O2. The smallest absolute Gasteiger partial charge is 0.226 e. The van der Waals surface area contributed by atoms with E-state index in [2.05, 4.69) is 20.7 Å². The fourth-order valence-corrected chi connectivity index (χ4v) is 3.35. The normalized spacial score (nSPS) is 18.9. The fourth-order valence-electron chi connectivity index (χ4n) is 3.35. The zero-order chi connectivity index (χ0) is 17.9. The number of benzene rings is 1. The monoisotopic (exact) mass is 387 g/mol. The minimum atomic E-state index is -0.111. The summed E-state index contributed by atoms with van der Waals surface area (Å²) < 4.78 is 7.28. The Balaban J connectivity index is 0.00000210. The number of hydrogen-bond acceptors (Lipinski definition) is 5. The topological polar surface area (TPSA) is 85.0 Å². The first-order chi connectivity index (χ1) is 12.7. The highest BCUT2D eigenvalue weighted by Gasteiger charge is 2.34. The summed E-state index contributed by atoms with van der Waals surface area (Å²) in [6, 6.07) is 9.70. The van der Waals surface area contributed by atoms with Gasteiger partial charge in [-0.3, -0.25) is 9.48 Å². The molecule has 1 aromatic carbocycles. The number of oxazole rings is 1. The molecule has 0 spiro atoms. The second-order valence-electron chi connectivity index (χ2n) is 6.55. The van der Waals surface area contributed by atoms with Crippen LogP contribution in [0, 0.1) is 5.92 Å². The number of carbonyl (C=O) groups is 1. The van der Waals surface area contributed by atoms with Gasteiger partial charge in [0, 0.05) is 37.8 Å². The van der Waals surface area contributed by atoms with Crippen molar-refractivity contribution in [3.05, 3.63) is 60.2 Å². The van der Waals surface area contributed by atoms with E-state index in [1.807, 2.05) is 49.8 Å². The third-order valence-electron chi connectivity index (χ3n) is 4.72. The van der Waals surface area contributed by atoms with E-state index in [1.165, 1.54) is 0 Å². The van der Waals surface area contributed by atoms with Crippen molar-refractivity contribution < 1.29 is 9.21 Å². The van der Waals surface area contributed by atoms with Crippen molar-refractivity contribution in [2.24, 2.45) is 13.0 Å². The van der Waals surface area contributed by atoms with Crippen LogP contribution in [-0.2, 0) is 18.4 Å². The van der Waals surface area contributed by atoms with Crippen LogP contribution in [0.15, 0.2) is 53.4 Å². The lowest BCUT2D eigenvalue weighted by molar-refractivity contribution is -0.125. The summed E-state index contributed by atoms with van der Waals surface area (Å²) in [6.07, 6.45) is 5.40. The van der Waals surface area contributed by atoms with Crippen LogP contribution in [0.1, 0.15) is 17.2 Å². The number of aryl methyl sites for hydroxylation is 1. The molecule has 4 rings (SSSR count). The SMILES string of the molecule is Cl.Cn1cc([C@H]2CNC[C@@H]2C(=O)NCc2coc(-c3ccccc3)n2)cn1. The molecule has 1 amide bonds. The molecule has 27 heavy (non-hydrogen) atoms. The molecule has 8 heteroatoms. The predicted molar refractivity (Wildman–Crippen MR) is 103 cm³/mol. The summed E-state index contributed by atoms with van der Waals surface area (Å²) in [4.78, 5) is 17.1. The van der Waals surface area contributed by atoms with Gasteiger partial charge in [-0.05, 0) is 17.7 Å². The summed E-state index contributed by atoms with van der Waals surface area (Å²) in [7, 11) is 1.88. The van der Waals surface area contributed by atoms with Gasteiger partial charge in [-0.2, -0.15) is 5.10 Å². The molecule has 2 N–H and O–H groups in total. The van der Waals surface area contributed by atoms with Gasteiger partial charge in [-0.15, -0.1) is 12.4 Å². The largest absolute Gasteiger partial charge is 0.444 e. The average Bonchev–Trinajstić information content (AvgIpc) is 3.40. The van der Waals surface area contributed by atoms with Gasteiger partial charge >= 0.3 is 0 Å². The van der Waals surface area contributed by atoms with E-state index < -0.39 is 0 Å². The van der Waals surface area contributed by atoms with E-state index in [0.717, 1.165) is 17.7 Å². The van der Waals surface area contributed by atoms with E-state index in [0.29, 0.717) is 24.7 Å². The second kappa shape index (κ2) is 8.37. The van der Waals surface area contributed by atoms with Gasteiger partial charge in [0.05, 0.1) is 24.4 Å². The molecule has 3 heterocycles. The standard InChI is InChI=1S/C19H21N5O2.ClH/c1-24-11-14(7-22-24)16-9-20-10-17(16)18(25)21-8-15-12-26-19(23-15)13-5-3-2-4-6-13;/h2-7,11-12,16-17,20H,8-10H2,1H3,(H,21,25);1H/t16-,17+;/m1./s1. The lowest BCUT2D eigenvalue weighted by Crippen LogP contribution is -2.34. The number of amides is 1. The Labute approximate surface area is 163 Å². The van der Waals surface area contributed by atoms with Gasteiger partial charge in [0.1, 0.15) is 6.26 Å². The number of carbonyl (C=O) groups excluding carboxylic acids is 1. The summed E-state index contributed by atoms with van der Waals surface area (Å²) >= 11 is 0. The Morgan fingerprint density at radius 1 is 1.33 bits per heavy atom. The molecule has 2 atom stereocenters. The van der Waals surface area contributed by atoms with Crippen LogP contribution in [-0.4, -0.2) is 33.8 Å². The van der Waals surface area contributed by atoms with Crippen molar-refractivity contribution in [2.75, 3.05) is 13.1 Å². The third-order valence-corrected chi connectivity index (χ3v) is 4.72. The van der Waals surface area contributed by atoms with Crippen molar-refractivity contribution in [1.82, 2.24) is 25.4 Å². The zero-order valence-electron chi connectivity index (χ0n) is 15.0. The summed E-state index contributed by atoms with van der Waals surface area (Å²) in [5.41, 5.74) is 2.72. The molecule has 0 unspecified atom stereocenters. The summed E-state index contributed by atoms with van der Waals surface area (Å²) in [5.74, 6) is 0.610. The van der Waals surface area contributed by atoms with E-state index in [9.17, 15) is 4.79 Å². The number of nitrogens with one attached hydrogen (secondary N) is 2. The number of hydrogen-bond donors (Lipinski definition) is 2. The van der Waals surface area contributed by atoms with Crippen LogP contribution >= 0.6 is 12.4 Å². The number of aromatic nitrogens is 3.